The highest BCUT2D eigenvalue weighted by atomic mass is 16.2. The van der Waals surface area contributed by atoms with Crippen molar-refractivity contribution in [3.05, 3.63) is 29.8 Å². The van der Waals surface area contributed by atoms with Crippen molar-refractivity contribution >= 4 is 23.2 Å². The third-order valence-corrected chi connectivity index (χ3v) is 3.00. The number of carbonyl (C=O) groups excluding carboxylic acids is 2. The molecule has 1 aliphatic rings. The molecule has 2 rings (SSSR count). The molecule has 1 aromatic rings. The van der Waals surface area contributed by atoms with E-state index in [1.807, 2.05) is 24.3 Å². The Morgan fingerprint density at radius 2 is 2.05 bits per heavy atom. The van der Waals surface area contributed by atoms with Crippen LogP contribution in [0, 0.1) is 0 Å². The van der Waals surface area contributed by atoms with E-state index in [1.165, 1.54) is 0 Å². The van der Waals surface area contributed by atoms with Gasteiger partial charge < -0.3 is 5.32 Å². The van der Waals surface area contributed by atoms with E-state index in [2.05, 4.69) is 29.7 Å². The minimum absolute atomic E-state index is 0.154. The molecule has 1 heterocycles. The van der Waals surface area contributed by atoms with Gasteiger partial charge in [0, 0.05) is 18.5 Å². The number of anilines is 1. The first-order valence-electron chi connectivity index (χ1n) is 6.33. The van der Waals surface area contributed by atoms with E-state index in [0.717, 1.165) is 11.3 Å². The summed E-state index contributed by atoms with van der Waals surface area (Å²) in [5.41, 5.74) is 4.56. The van der Waals surface area contributed by atoms with E-state index < -0.39 is 0 Å². The third kappa shape index (κ3) is 3.19. The summed E-state index contributed by atoms with van der Waals surface area (Å²) in [4.78, 5) is 23.0. The Kier molecular flexibility index (Phi) is 3.94. The number of rotatable bonds is 3. The van der Waals surface area contributed by atoms with Gasteiger partial charge in [-0.15, -0.1) is 0 Å². The Bertz CT molecular complexity index is 535. The summed E-state index contributed by atoms with van der Waals surface area (Å²) >= 11 is 0. The minimum Gasteiger partial charge on any atom is -0.321 e. The van der Waals surface area contributed by atoms with Crippen LogP contribution >= 0.6 is 0 Å². The van der Waals surface area contributed by atoms with E-state index in [4.69, 9.17) is 0 Å². The molecule has 0 radical (unpaired) electrons. The lowest BCUT2D eigenvalue weighted by Crippen LogP contribution is -2.33. The van der Waals surface area contributed by atoms with Crippen molar-refractivity contribution in [1.82, 2.24) is 5.43 Å². The summed E-state index contributed by atoms with van der Waals surface area (Å²) < 4.78 is 0. The molecular formula is C14H17N3O2. The summed E-state index contributed by atoms with van der Waals surface area (Å²) in [6, 6.07) is 7.69. The Morgan fingerprint density at radius 1 is 1.32 bits per heavy atom. The summed E-state index contributed by atoms with van der Waals surface area (Å²) in [6.45, 7) is 4.15. The van der Waals surface area contributed by atoms with Crippen LogP contribution < -0.4 is 10.7 Å². The fourth-order valence-corrected chi connectivity index (χ4v) is 1.95. The van der Waals surface area contributed by atoms with Crippen LogP contribution in [-0.2, 0) is 9.59 Å². The number of para-hydroxylation sites is 1. The molecule has 0 bridgehead atoms. The second-order valence-corrected chi connectivity index (χ2v) is 4.79. The van der Waals surface area contributed by atoms with Gasteiger partial charge in [0.25, 0.3) is 5.91 Å². The van der Waals surface area contributed by atoms with Crippen LogP contribution in [0.1, 0.15) is 38.2 Å². The average Bonchev–Trinajstić information content (AvgIpc) is 2.39. The normalized spacial score (nSPS) is 14.9. The molecule has 2 amide bonds. The van der Waals surface area contributed by atoms with E-state index >= 15 is 0 Å². The Hall–Kier alpha value is -2.17. The number of hydrogen-bond acceptors (Lipinski definition) is 3. The van der Waals surface area contributed by atoms with Gasteiger partial charge in [0.1, 0.15) is 5.71 Å². The number of hydrogen-bond donors (Lipinski definition) is 2. The lowest BCUT2D eigenvalue weighted by atomic mass is 10.0. The maximum absolute atomic E-state index is 12.1. The second kappa shape index (κ2) is 5.65. The van der Waals surface area contributed by atoms with E-state index in [1.54, 1.807) is 0 Å². The van der Waals surface area contributed by atoms with Crippen LogP contribution in [0.4, 0.5) is 5.69 Å². The quantitative estimate of drug-likeness (QED) is 0.871. The van der Waals surface area contributed by atoms with Crippen LogP contribution in [0.25, 0.3) is 0 Å². The molecule has 1 aliphatic heterocycles. The number of nitrogens with zero attached hydrogens (tertiary/aromatic N) is 1. The highest BCUT2D eigenvalue weighted by molar-refractivity contribution is 6.43. The molecule has 100 valence electrons. The highest BCUT2D eigenvalue weighted by Crippen LogP contribution is 2.23. The molecule has 19 heavy (non-hydrogen) atoms. The summed E-state index contributed by atoms with van der Waals surface area (Å²) in [5, 5.41) is 6.64. The average molecular weight is 259 g/mol. The number of nitrogens with one attached hydrogen (secondary N) is 2. The molecule has 1 aromatic carbocycles. The number of hydrazone groups is 1. The highest BCUT2D eigenvalue weighted by Gasteiger charge is 2.19. The van der Waals surface area contributed by atoms with Crippen molar-refractivity contribution in [1.29, 1.82) is 0 Å². The number of benzene rings is 1. The van der Waals surface area contributed by atoms with Crippen LogP contribution in [0.5, 0.6) is 0 Å². The largest absolute Gasteiger partial charge is 0.321 e. The predicted molar refractivity (Wildman–Crippen MR) is 74.0 cm³/mol. The molecule has 0 spiro atoms. The number of carbonyl (C=O) groups is 2. The van der Waals surface area contributed by atoms with Crippen LogP contribution in [-0.4, -0.2) is 17.5 Å². The Balaban J connectivity index is 2.13. The first-order valence-corrected chi connectivity index (χ1v) is 6.33. The van der Waals surface area contributed by atoms with Crippen molar-refractivity contribution < 1.29 is 9.59 Å². The monoisotopic (exact) mass is 259 g/mol. The molecular weight excluding hydrogens is 242 g/mol. The lowest BCUT2D eigenvalue weighted by Gasteiger charge is -2.15. The molecule has 0 fully saturated rings. The van der Waals surface area contributed by atoms with Crippen molar-refractivity contribution in [2.24, 2.45) is 5.10 Å². The molecule has 5 heteroatoms. The zero-order valence-electron chi connectivity index (χ0n) is 11.1. The Labute approximate surface area is 112 Å². The Morgan fingerprint density at radius 3 is 2.68 bits per heavy atom. The molecule has 0 saturated heterocycles. The SMILES string of the molecule is CC(C)c1ccccc1NC(=O)C1=NNC(=O)CC1. The lowest BCUT2D eigenvalue weighted by molar-refractivity contribution is -0.121. The second-order valence-electron chi connectivity index (χ2n) is 4.79. The maximum Gasteiger partial charge on any atom is 0.271 e. The van der Waals surface area contributed by atoms with Gasteiger partial charge in [-0.2, -0.15) is 5.10 Å². The first kappa shape index (κ1) is 13.3. The smallest absolute Gasteiger partial charge is 0.271 e. The molecule has 0 unspecified atom stereocenters. The van der Waals surface area contributed by atoms with Gasteiger partial charge in [-0.3, -0.25) is 9.59 Å². The van der Waals surface area contributed by atoms with Gasteiger partial charge in [0.15, 0.2) is 0 Å². The van der Waals surface area contributed by atoms with E-state index in [0.29, 0.717) is 24.5 Å². The predicted octanol–water partition coefficient (Wildman–Crippen LogP) is 2.01. The van der Waals surface area contributed by atoms with Gasteiger partial charge in [-0.25, -0.2) is 5.43 Å². The molecule has 5 nitrogen and oxygen atoms in total. The van der Waals surface area contributed by atoms with Crippen molar-refractivity contribution in [3.63, 3.8) is 0 Å². The minimum atomic E-state index is -0.256. The van der Waals surface area contributed by atoms with Crippen molar-refractivity contribution in [3.8, 4) is 0 Å². The maximum atomic E-state index is 12.1. The molecule has 0 saturated carbocycles. The topological polar surface area (TPSA) is 70.6 Å². The summed E-state index contributed by atoms with van der Waals surface area (Å²) in [5.74, 6) is -0.0864. The standard InChI is InChI=1S/C14H17N3O2/c1-9(2)10-5-3-4-6-11(10)15-14(19)12-7-8-13(18)17-16-12/h3-6,9H,7-8H2,1-2H3,(H,15,19)(H,17,18). The summed E-state index contributed by atoms with van der Waals surface area (Å²) in [6.07, 6.45) is 0.680. The van der Waals surface area contributed by atoms with Crippen LogP contribution in [0.15, 0.2) is 29.4 Å². The van der Waals surface area contributed by atoms with E-state index in [9.17, 15) is 9.59 Å². The zero-order chi connectivity index (χ0) is 13.8. The van der Waals surface area contributed by atoms with Crippen molar-refractivity contribution in [2.45, 2.75) is 32.6 Å². The molecule has 0 atom stereocenters. The zero-order valence-corrected chi connectivity index (χ0v) is 11.1. The summed E-state index contributed by atoms with van der Waals surface area (Å²) in [7, 11) is 0. The van der Waals surface area contributed by atoms with E-state index in [-0.39, 0.29) is 11.8 Å². The fraction of sp³-hybridized carbons (Fsp3) is 0.357. The van der Waals surface area contributed by atoms with Gasteiger partial charge >= 0.3 is 0 Å². The molecule has 0 aromatic heterocycles. The van der Waals surface area contributed by atoms with Crippen molar-refractivity contribution in [2.75, 3.05) is 5.32 Å². The van der Waals surface area contributed by atoms with Gasteiger partial charge in [-0.1, -0.05) is 32.0 Å². The van der Waals surface area contributed by atoms with Gasteiger partial charge in [0.05, 0.1) is 0 Å². The molecule has 2 N–H and O–H groups in total. The van der Waals surface area contributed by atoms with Crippen LogP contribution in [0.3, 0.4) is 0 Å². The number of amides is 2. The third-order valence-electron chi connectivity index (χ3n) is 3.00. The molecule has 0 aliphatic carbocycles. The fourth-order valence-electron chi connectivity index (χ4n) is 1.95. The first-order chi connectivity index (χ1) is 9.08. The van der Waals surface area contributed by atoms with Gasteiger partial charge in [0.2, 0.25) is 5.91 Å². The van der Waals surface area contributed by atoms with Crippen LogP contribution in [0.2, 0.25) is 0 Å². The van der Waals surface area contributed by atoms with Gasteiger partial charge in [-0.05, 0) is 17.5 Å².